The van der Waals surface area contributed by atoms with Crippen molar-refractivity contribution in [1.82, 2.24) is 19.9 Å². The highest BCUT2D eigenvalue weighted by Crippen LogP contribution is 2.42. The molecular weight excluding hydrogens is 523 g/mol. The summed E-state index contributed by atoms with van der Waals surface area (Å²) < 4.78 is 23.5. The Labute approximate surface area is 230 Å². The average Bonchev–Trinajstić information content (AvgIpc) is 3.41. The molecule has 2 saturated heterocycles. The molecule has 2 aromatic carbocycles. The molecule has 4 heterocycles. The van der Waals surface area contributed by atoms with Gasteiger partial charge in [-0.15, -0.1) is 0 Å². The van der Waals surface area contributed by atoms with Crippen LogP contribution in [0.25, 0.3) is 32.2 Å². The summed E-state index contributed by atoms with van der Waals surface area (Å²) in [4.78, 5) is 18.4. The van der Waals surface area contributed by atoms with Crippen LogP contribution in [0.3, 0.4) is 0 Å². The van der Waals surface area contributed by atoms with Gasteiger partial charge in [-0.05, 0) is 63.7 Å². The van der Waals surface area contributed by atoms with Crippen LogP contribution in [-0.4, -0.2) is 59.2 Å². The summed E-state index contributed by atoms with van der Waals surface area (Å²) in [6.45, 7) is 5.49. The van der Waals surface area contributed by atoms with Crippen molar-refractivity contribution >= 4 is 55.0 Å². The summed E-state index contributed by atoms with van der Waals surface area (Å²) >= 11 is 8.18. The number of thiazole rings is 1. The quantitative estimate of drug-likeness (QED) is 0.306. The minimum Gasteiger partial charge on any atom is -0.462 e. The van der Waals surface area contributed by atoms with Gasteiger partial charge in [0.15, 0.2) is 10.9 Å². The van der Waals surface area contributed by atoms with Gasteiger partial charge in [-0.25, -0.2) is 9.37 Å². The van der Waals surface area contributed by atoms with Crippen molar-refractivity contribution in [3.8, 4) is 17.1 Å². The van der Waals surface area contributed by atoms with E-state index in [4.69, 9.17) is 27.1 Å². The monoisotopic (exact) mass is 554 g/mol. The van der Waals surface area contributed by atoms with E-state index in [2.05, 4.69) is 33.7 Å². The Kier molecular flexibility index (Phi) is 7.01. The van der Waals surface area contributed by atoms with E-state index >= 15 is 4.39 Å². The first kappa shape index (κ1) is 25.5. The number of anilines is 2. The standard InChI is InChI=1S/C28H32ClFN6OS/c1-16-6-4-12-36(13-10-16)26-19-14-20(29)22(18-8-3-9-21-24(18)32-27(31)38-21)23(30)25(19)33-28(34-26)37-15-17-7-5-11-35(17)2/h3,8-9,14,16-17H,4-7,10-13,15H2,1-2H3,(H2,31,32)/t16?,17-/m0/s1. The number of nitrogens with zero attached hydrogens (tertiary/aromatic N) is 5. The molecule has 200 valence electrons. The molecule has 2 aromatic heterocycles. The number of halogens is 2. The number of likely N-dealkylation sites (N-methyl/N-ethyl adjacent to an activating group) is 1. The van der Waals surface area contributed by atoms with Crippen LogP contribution in [0.15, 0.2) is 24.3 Å². The molecule has 2 atom stereocenters. The normalized spacial score (nSPS) is 20.9. The first-order valence-corrected chi connectivity index (χ1v) is 14.5. The van der Waals surface area contributed by atoms with Crippen molar-refractivity contribution in [2.75, 3.05) is 43.9 Å². The molecule has 2 aliphatic heterocycles. The smallest absolute Gasteiger partial charge is 0.319 e. The van der Waals surface area contributed by atoms with Gasteiger partial charge < -0.3 is 20.3 Å². The molecule has 0 saturated carbocycles. The summed E-state index contributed by atoms with van der Waals surface area (Å²) in [5.41, 5.74) is 7.68. The van der Waals surface area contributed by atoms with Crippen molar-refractivity contribution in [2.45, 2.75) is 45.1 Å². The Morgan fingerprint density at radius 2 is 1.95 bits per heavy atom. The summed E-state index contributed by atoms with van der Waals surface area (Å²) in [7, 11) is 2.10. The number of hydrogen-bond acceptors (Lipinski definition) is 8. The summed E-state index contributed by atoms with van der Waals surface area (Å²) in [5.74, 6) is 0.822. The number of likely N-dealkylation sites (tertiary alicyclic amines) is 1. The predicted molar refractivity (Wildman–Crippen MR) is 154 cm³/mol. The molecule has 2 fully saturated rings. The van der Waals surface area contributed by atoms with Crippen LogP contribution in [0.1, 0.15) is 39.0 Å². The zero-order valence-electron chi connectivity index (χ0n) is 21.7. The van der Waals surface area contributed by atoms with E-state index in [0.29, 0.717) is 51.0 Å². The van der Waals surface area contributed by atoms with Crippen molar-refractivity contribution in [3.63, 3.8) is 0 Å². The van der Waals surface area contributed by atoms with Crippen molar-refractivity contribution in [2.24, 2.45) is 5.92 Å². The lowest BCUT2D eigenvalue weighted by atomic mass is 10.0. The average molecular weight is 555 g/mol. The largest absolute Gasteiger partial charge is 0.462 e. The Hall–Kier alpha value is -2.75. The van der Waals surface area contributed by atoms with Gasteiger partial charge in [0.1, 0.15) is 17.9 Å². The highest BCUT2D eigenvalue weighted by molar-refractivity contribution is 7.22. The van der Waals surface area contributed by atoms with Crippen LogP contribution in [0.5, 0.6) is 6.01 Å². The van der Waals surface area contributed by atoms with Crippen molar-refractivity contribution in [1.29, 1.82) is 0 Å². The number of para-hydroxylation sites is 1. The summed E-state index contributed by atoms with van der Waals surface area (Å²) in [6, 6.07) is 7.91. The zero-order chi connectivity index (χ0) is 26.4. The Morgan fingerprint density at radius 3 is 2.76 bits per heavy atom. The third kappa shape index (κ3) is 4.76. The SMILES string of the molecule is CC1CCCN(c2nc(OC[C@@H]3CCCN3C)nc3c(F)c(-c4cccc5sc(N)nc45)c(Cl)cc23)CC1. The van der Waals surface area contributed by atoms with Crippen LogP contribution in [-0.2, 0) is 0 Å². The maximum absolute atomic E-state index is 16.5. The number of rotatable bonds is 5. The van der Waals surface area contributed by atoms with Gasteiger partial charge in [0.25, 0.3) is 0 Å². The molecule has 7 nitrogen and oxygen atoms in total. The van der Waals surface area contributed by atoms with E-state index in [-0.39, 0.29) is 17.1 Å². The van der Waals surface area contributed by atoms with Gasteiger partial charge in [0.2, 0.25) is 0 Å². The first-order valence-electron chi connectivity index (χ1n) is 13.3. The van der Waals surface area contributed by atoms with Gasteiger partial charge >= 0.3 is 6.01 Å². The van der Waals surface area contributed by atoms with E-state index in [1.54, 1.807) is 6.07 Å². The maximum atomic E-state index is 16.5. The molecule has 0 amide bonds. The minimum atomic E-state index is -0.499. The molecule has 2 aliphatic rings. The second-order valence-electron chi connectivity index (χ2n) is 10.6. The lowest BCUT2D eigenvalue weighted by Crippen LogP contribution is -2.31. The van der Waals surface area contributed by atoms with E-state index in [1.807, 2.05) is 18.2 Å². The third-order valence-corrected chi connectivity index (χ3v) is 9.09. The molecule has 0 aliphatic carbocycles. The Bertz CT molecular complexity index is 1500. The number of nitrogen functional groups attached to an aromatic ring is 1. The van der Waals surface area contributed by atoms with E-state index < -0.39 is 5.82 Å². The molecule has 0 bridgehead atoms. The zero-order valence-corrected chi connectivity index (χ0v) is 23.3. The first-order chi connectivity index (χ1) is 18.4. The van der Waals surface area contributed by atoms with Crippen LogP contribution in [0, 0.1) is 11.7 Å². The fourth-order valence-corrected chi connectivity index (χ4v) is 6.77. The molecule has 10 heteroatoms. The fraction of sp³-hybridized carbons (Fsp3) is 0.464. The summed E-state index contributed by atoms with van der Waals surface area (Å²) in [5, 5.41) is 1.32. The topological polar surface area (TPSA) is 80.4 Å². The number of nitrogens with two attached hydrogens (primary N) is 1. The van der Waals surface area contributed by atoms with Crippen LogP contribution in [0.2, 0.25) is 5.02 Å². The number of hydrogen-bond donors (Lipinski definition) is 1. The number of aromatic nitrogens is 3. The van der Waals surface area contributed by atoms with Gasteiger partial charge in [-0.3, -0.25) is 0 Å². The highest BCUT2D eigenvalue weighted by Gasteiger charge is 2.26. The molecule has 2 N–H and O–H groups in total. The van der Waals surface area contributed by atoms with Gasteiger partial charge in [0.05, 0.1) is 15.2 Å². The Morgan fingerprint density at radius 1 is 1.11 bits per heavy atom. The van der Waals surface area contributed by atoms with Crippen LogP contribution < -0.4 is 15.4 Å². The van der Waals surface area contributed by atoms with Crippen LogP contribution >= 0.6 is 22.9 Å². The molecule has 1 unspecified atom stereocenters. The number of fused-ring (bicyclic) bond motifs is 2. The Balaban J connectivity index is 1.49. The van der Waals surface area contributed by atoms with E-state index in [0.717, 1.165) is 56.4 Å². The predicted octanol–water partition coefficient (Wildman–Crippen LogP) is 6.38. The molecule has 4 aromatic rings. The molecular formula is C28H32ClFN6OS. The van der Waals surface area contributed by atoms with E-state index in [1.165, 1.54) is 11.3 Å². The molecule has 0 radical (unpaired) electrons. The number of benzene rings is 2. The van der Waals surface area contributed by atoms with Gasteiger partial charge in [-0.2, -0.15) is 9.97 Å². The van der Waals surface area contributed by atoms with Gasteiger partial charge in [0, 0.05) is 35.6 Å². The lowest BCUT2D eigenvalue weighted by Gasteiger charge is -2.25. The molecule has 6 rings (SSSR count). The summed E-state index contributed by atoms with van der Waals surface area (Å²) in [6.07, 6.45) is 5.48. The van der Waals surface area contributed by atoms with Gasteiger partial charge in [-0.1, -0.05) is 42.0 Å². The second-order valence-corrected chi connectivity index (χ2v) is 12.1. The van der Waals surface area contributed by atoms with Crippen molar-refractivity contribution in [3.05, 3.63) is 35.1 Å². The molecule has 0 spiro atoms. The number of ether oxygens (including phenoxy) is 1. The minimum absolute atomic E-state index is 0.202. The lowest BCUT2D eigenvalue weighted by molar-refractivity contribution is 0.188. The van der Waals surface area contributed by atoms with E-state index in [9.17, 15) is 0 Å². The van der Waals surface area contributed by atoms with Crippen molar-refractivity contribution < 1.29 is 9.13 Å². The maximum Gasteiger partial charge on any atom is 0.319 e. The highest BCUT2D eigenvalue weighted by atomic mass is 35.5. The molecule has 38 heavy (non-hydrogen) atoms. The fourth-order valence-electron chi connectivity index (χ4n) is 5.72. The third-order valence-electron chi connectivity index (χ3n) is 7.94. The van der Waals surface area contributed by atoms with Crippen LogP contribution in [0.4, 0.5) is 15.3 Å². The second kappa shape index (κ2) is 10.4.